The molecule has 2 atom stereocenters. The number of nitrogens with one attached hydrogen (secondary N) is 1. The van der Waals surface area contributed by atoms with Gasteiger partial charge in [-0.25, -0.2) is 0 Å². The van der Waals surface area contributed by atoms with Gasteiger partial charge in [-0.05, 0) is 36.8 Å². The van der Waals surface area contributed by atoms with Gasteiger partial charge in [0.05, 0.1) is 20.8 Å². The van der Waals surface area contributed by atoms with E-state index in [1.54, 1.807) is 6.07 Å². The van der Waals surface area contributed by atoms with Gasteiger partial charge in [-0.2, -0.15) is 0 Å². The van der Waals surface area contributed by atoms with Crippen LogP contribution in [0.25, 0.3) is 0 Å². The van der Waals surface area contributed by atoms with Gasteiger partial charge in [0.15, 0.2) is 0 Å². The van der Waals surface area contributed by atoms with Gasteiger partial charge in [0, 0.05) is 6.04 Å². The van der Waals surface area contributed by atoms with Crippen LogP contribution in [0.2, 0.25) is 15.1 Å². The second-order valence-corrected chi connectivity index (χ2v) is 6.91. The van der Waals surface area contributed by atoms with E-state index in [9.17, 15) is 0 Å². The maximum absolute atomic E-state index is 6.24. The molecule has 0 spiro atoms. The summed E-state index contributed by atoms with van der Waals surface area (Å²) >= 11 is 18.3. The van der Waals surface area contributed by atoms with Crippen molar-refractivity contribution in [1.29, 1.82) is 0 Å². The molecule has 1 N–H and O–H groups in total. The third-order valence-corrected chi connectivity index (χ3v) is 5.06. The Kier molecular flexibility index (Phi) is 5.28. The molecule has 0 saturated heterocycles. The van der Waals surface area contributed by atoms with Crippen LogP contribution in [-0.2, 0) is 0 Å². The summed E-state index contributed by atoms with van der Waals surface area (Å²) in [5, 5.41) is 5.26. The standard InChI is InChI=1S/C15H20Cl3N/c1-9(2)10-5-3-4-6-14(10)19-15-8-12(17)11(16)7-13(15)18/h7-10,14,19H,3-6H2,1-2H3. The third kappa shape index (κ3) is 3.71. The van der Waals surface area contributed by atoms with Gasteiger partial charge in [0.25, 0.3) is 0 Å². The summed E-state index contributed by atoms with van der Waals surface area (Å²) < 4.78 is 0. The van der Waals surface area contributed by atoms with Crippen molar-refractivity contribution in [2.24, 2.45) is 11.8 Å². The third-order valence-electron chi connectivity index (χ3n) is 4.03. The first-order chi connectivity index (χ1) is 8.99. The smallest absolute Gasteiger partial charge is 0.0653 e. The van der Waals surface area contributed by atoms with E-state index in [4.69, 9.17) is 34.8 Å². The Morgan fingerprint density at radius 1 is 1.00 bits per heavy atom. The lowest BCUT2D eigenvalue weighted by Crippen LogP contribution is -2.35. The van der Waals surface area contributed by atoms with E-state index in [0.717, 1.165) is 5.69 Å². The molecule has 0 aromatic heterocycles. The second kappa shape index (κ2) is 6.56. The molecular formula is C15H20Cl3N. The van der Waals surface area contributed by atoms with Crippen LogP contribution in [0.3, 0.4) is 0 Å². The van der Waals surface area contributed by atoms with E-state index < -0.39 is 0 Å². The first kappa shape index (κ1) is 15.3. The molecule has 0 heterocycles. The number of hydrogen-bond donors (Lipinski definition) is 1. The van der Waals surface area contributed by atoms with E-state index in [1.165, 1.54) is 25.7 Å². The lowest BCUT2D eigenvalue weighted by atomic mass is 9.78. The molecule has 19 heavy (non-hydrogen) atoms. The summed E-state index contributed by atoms with van der Waals surface area (Å²) in [7, 11) is 0. The monoisotopic (exact) mass is 319 g/mol. The first-order valence-electron chi connectivity index (χ1n) is 6.90. The zero-order valence-electron chi connectivity index (χ0n) is 11.3. The lowest BCUT2D eigenvalue weighted by molar-refractivity contribution is 0.254. The van der Waals surface area contributed by atoms with Crippen molar-refractivity contribution >= 4 is 40.5 Å². The van der Waals surface area contributed by atoms with Gasteiger partial charge in [0.2, 0.25) is 0 Å². The zero-order valence-corrected chi connectivity index (χ0v) is 13.6. The Morgan fingerprint density at radius 3 is 2.32 bits per heavy atom. The van der Waals surface area contributed by atoms with Crippen LogP contribution in [0.15, 0.2) is 12.1 Å². The highest BCUT2D eigenvalue weighted by atomic mass is 35.5. The number of rotatable bonds is 3. The predicted octanol–water partition coefficient (Wildman–Crippen LogP) is 6.27. The molecule has 0 radical (unpaired) electrons. The Bertz CT molecular complexity index is 445. The van der Waals surface area contributed by atoms with Crippen LogP contribution in [0.5, 0.6) is 0 Å². The van der Waals surface area contributed by atoms with E-state index in [1.807, 2.05) is 6.07 Å². The molecule has 1 aliphatic carbocycles. The predicted molar refractivity (Wildman–Crippen MR) is 85.7 cm³/mol. The van der Waals surface area contributed by atoms with Gasteiger partial charge < -0.3 is 5.32 Å². The minimum Gasteiger partial charge on any atom is -0.381 e. The molecule has 0 aliphatic heterocycles. The molecule has 1 aromatic rings. The average molecular weight is 321 g/mol. The van der Waals surface area contributed by atoms with E-state index >= 15 is 0 Å². The summed E-state index contributed by atoms with van der Waals surface area (Å²) in [4.78, 5) is 0. The average Bonchev–Trinajstić information content (AvgIpc) is 2.36. The Hall–Kier alpha value is -0.110. The van der Waals surface area contributed by atoms with Gasteiger partial charge in [-0.1, -0.05) is 61.5 Å². The van der Waals surface area contributed by atoms with E-state index in [2.05, 4.69) is 19.2 Å². The van der Waals surface area contributed by atoms with Crippen LogP contribution in [-0.4, -0.2) is 6.04 Å². The van der Waals surface area contributed by atoms with Crippen molar-refractivity contribution in [2.45, 2.75) is 45.6 Å². The SMILES string of the molecule is CC(C)C1CCCCC1Nc1cc(Cl)c(Cl)cc1Cl. The minimum absolute atomic E-state index is 0.475. The zero-order chi connectivity index (χ0) is 14.0. The van der Waals surface area contributed by atoms with Gasteiger partial charge in [-0.3, -0.25) is 0 Å². The molecule has 106 valence electrons. The summed E-state index contributed by atoms with van der Waals surface area (Å²) in [6.45, 7) is 4.59. The number of benzene rings is 1. The number of anilines is 1. The van der Waals surface area contributed by atoms with Crippen LogP contribution >= 0.6 is 34.8 Å². The van der Waals surface area contributed by atoms with Crippen LogP contribution < -0.4 is 5.32 Å². The van der Waals surface area contributed by atoms with Crippen LogP contribution in [0.4, 0.5) is 5.69 Å². The van der Waals surface area contributed by atoms with Crippen molar-refractivity contribution < 1.29 is 0 Å². The van der Waals surface area contributed by atoms with Crippen LogP contribution in [0, 0.1) is 11.8 Å². The second-order valence-electron chi connectivity index (χ2n) is 5.69. The number of hydrogen-bond acceptors (Lipinski definition) is 1. The van der Waals surface area contributed by atoms with Crippen molar-refractivity contribution in [3.05, 3.63) is 27.2 Å². The topological polar surface area (TPSA) is 12.0 Å². The fourth-order valence-electron chi connectivity index (χ4n) is 2.97. The first-order valence-corrected chi connectivity index (χ1v) is 8.03. The maximum Gasteiger partial charge on any atom is 0.0653 e. The molecule has 1 aliphatic rings. The Morgan fingerprint density at radius 2 is 1.63 bits per heavy atom. The minimum atomic E-state index is 0.475. The highest BCUT2D eigenvalue weighted by Crippen LogP contribution is 2.36. The molecule has 1 saturated carbocycles. The molecule has 4 heteroatoms. The van der Waals surface area contributed by atoms with E-state index in [0.29, 0.717) is 32.9 Å². The van der Waals surface area contributed by atoms with Crippen molar-refractivity contribution in [2.75, 3.05) is 5.32 Å². The fourth-order valence-corrected chi connectivity index (χ4v) is 3.57. The number of halogens is 3. The van der Waals surface area contributed by atoms with Crippen molar-refractivity contribution in [3.63, 3.8) is 0 Å². The largest absolute Gasteiger partial charge is 0.381 e. The van der Waals surface area contributed by atoms with Gasteiger partial charge >= 0.3 is 0 Å². The molecule has 1 fully saturated rings. The normalized spacial score (nSPS) is 23.7. The highest BCUT2D eigenvalue weighted by molar-refractivity contribution is 6.44. The highest BCUT2D eigenvalue weighted by Gasteiger charge is 2.27. The Labute approximate surface area is 130 Å². The molecule has 2 rings (SSSR count). The fraction of sp³-hybridized carbons (Fsp3) is 0.600. The van der Waals surface area contributed by atoms with Gasteiger partial charge in [-0.15, -0.1) is 0 Å². The van der Waals surface area contributed by atoms with Gasteiger partial charge in [0.1, 0.15) is 0 Å². The summed E-state index contributed by atoms with van der Waals surface area (Å²) in [5.74, 6) is 1.37. The summed E-state index contributed by atoms with van der Waals surface area (Å²) in [5.41, 5.74) is 0.897. The van der Waals surface area contributed by atoms with Crippen molar-refractivity contribution in [1.82, 2.24) is 0 Å². The molecule has 1 nitrogen and oxygen atoms in total. The van der Waals surface area contributed by atoms with Crippen LogP contribution in [0.1, 0.15) is 39.5 Å². The van der Waals surface area contributed by atoms with E-state index in [-0.39, 0.29) is 0 Å². The summed E-state index contributed by atoms with van der Waals surface area (Å²) in [6, 6.07) is 4.02. The molecular weight excluding hydrogens is 301 g/mol. The summed E-state index contributed by atoms with van der Waals surface area (Å²) in [6.07, 6.45) is 5.09. The molecule has 1 aromatic carbocycles. The van der Waals surface area contributed by atoms with Crippen molar-refractivity contribution in [3.8, 4) is 0 Å². The Balaban J connectivity index is 2.17. The maximum atomic E-state index is 6.24. The molecule has 2 unspecified atom stereocenters. The molecule has 0 bridgehead atoms. The quantitative estimate of drug-likeness (QED) is 0.647. The molecule has 0 amide bonds. The lowest BCUT2D eigenvalue weighted by Gasteiger charge is -2.35.